The second-order valence-electron chi connectivity index (χ2n) is 5.47. The van der Waals surface area contributed by atoms with E-state index in [4.69, 9.17) is 9.47 Å². The van der Waals surface area contributed by atoms with Gasteiger partial charge in [0.05, 0.1) is 22.9 Å². The molecule has 0 saturated heterocycles. The van der Waals surface area contributed by atoms with E-state index in [1.54, 1.807) is 31.2 Å². The number of fused-ring (bicyclic) bond motifs is 1. The Bertz CT molecular complexity index is 894. The van der Waals surface area contributed by atoms with Gasteiger partial charge in [-0.3, -0.25) is 9.52 Å². The van der Waals surface area contributed by atoms with E-state index in [0.29, 0.717) is 29.5 Å². The smallest absolute Gasteiger partial charge is 0.265 e. The van der Waals surface area contributed by atoms with E-state index in [1.165, 1.54) is 18.2 Å². The van der Waals surface area contributed by atoms with Crippen molar-refractivity contribution in [2.75, 3.05) is 16.6 Å². The SMILES string of the molecule is CCOc1ccc(S(=O)(=O)Nc2ccc3c(c2)NC(=O)[C@@H](C)O3)cc1. The molecule has 0 aliphatic carbocycles. The molecule has 132 valence electrons. The zero-order chi connectivity index (χ0) is 18.0. The molecule has 8 heteroatoms. The van der Waals surface area contributed by atoms with Crippen molar-refractivity contribution in [3.8, 4) is 11.5 Å². The average Bonchev–Trinajstić information content (AvgIpc) is 2.57. The van der Waals surface area contributed by atoms with Crippen LogP contribution in [0.4, 0.5) is 11.4 Å². The van der Waals surface area contributed by atoms with E-state index in [9.17, 15) is 13.2 Å². The first-order valence-corrected chi connectivity index (χ1v) is 9.24. The van der Waals surface area contributed by atoms with Gasteiger partial charge in [-0.2, -0.15) is 0 Å². The van der Waals surface area contributed by atoms with E-state index >= 15 is 0 Å². The van der Waals surface area contributed by atoms with E-state index in [1.807, 2.05) is 6.92 Å². The third-order valence-corrected chi connectivity index (χ3v) is 5.00. The zero-order valence-electron chi connectivity index (χ0n) is 13.8. The van der Waals surface area contributed by atoms with Crippen LogP contribution in [0.5, 0.6) is 11.5 Å². The number of carbonyl (C=O) groups excluding carboxylic acids is 1. The van der Waals surface area contributed by atoms with Crippen molar-refractivity contribution in [1.82, 2.24) is 0 Å². The number of anilines is 2. The molecule has 0 radical (unpaired) electrons. The summed E-state index contributed by atoms with van der Waals surface area (Å²) in [5, 5.41) is 2.68. The Kier molecular flexibility index (Phi) is 4.54. The standard InChI is InChI=1S/C17H18N2O5S/c1-3-23-13-5-7-14(8-6-13)25(21,22)19-12-4-9-16-15(10-12)18-17(20)11(2)24-16/h4-11,19H,3H2,1-2H3,(H,18,20)/t11-/m1/s1. The van der Waals surface area contributed by atoms with Gasteiger partial charge in [0.15, 0.2) is 6.10 Å². The molecule has 0 spiro atoms. The van der Waals surface area contributed by atoms with Crippen LogP contribution in [0.3, 0.4) is 0 Å². The summed E-state index contributed by atoms with van der Waals surface area (Å²) in [7, 11) is -3.75. The molecular formula is C17H18N2O5S. The minimum Gasteiger partial charge on any atom is -0.494 e. The van der Waals surface area contributed by atoms with Crippen molar-refractivity contribution < 1.29 is 22.7 Å². The summed E-state index contributed by atoms with van der Waals surface area (Å²) in [5.74, 6) is 0.819. The molecule has 2 aromatic carbocycles. The maximum atomic E-state index is 12.5. The third-order valence-electron chi connectivity index (χ3n) is 3.61. The largest absolute Gasteiger partial charge is 0.494 e. The highest BCUT2D eigenvalue weighted by atomic mass is 32.2. The van der Waals surface area contributed by atoms with Gasteiger partial charge in [0.25, 0.3) is 15.9 Å². The summed E-state index contributed by atoms with van der Waals surface area (Å²) in [5.41, 5.74) is 0.751. The van der Waals surface area contributed by atoms with Crippen molar-refractivity contribution in [2.45, 2.75) is 24.8 Å². The molecule has 1 aliphatic heterocycles. The number of benzene rings is 2. The summed E-state index contributed by atoms with van der Waals surface area (Å²) in [6.45, 7) is 4.00. The summed E-state index contributed by atoms with van der Waals surface area (Å²) >= 11 is 0. The summed E-state index contributed by atoms with van der Waals surface area (Å²) < 4.78 is 38.2. The number of nitrogens with one attached hydrogen (secondary N) is 2. The Morgan fingerprint density at radius 3 is 2.60 bits per heavy atom. The van der Waals surface area contributed by atoms with Gasteiger partial charge in [-0.05, 0) is 56.3 Å². The van der Waals surface area contributed by atoms with Crippen LogP contribution < -0.4 is 19.5 Å². The van der Waals surface area contributed by atoms with Crippen molar-refractivity contribution in [1.29, 1.82) is 0 Å². The van der Waals surface area contributed by atoms with Crippen LogP contribution in [0, 0.1) is 0 Å². The lowest BCUT2D eigenvalue weighted by Gasteiger charge is -2.23. The van der Waals surface area contributed by atoms with Gasteiger partial charge in [0.1, 0.15) is 11.5 Å². The molecule has 0 unspecified atom stereocenters. The number of hydrogen-bond donors (Lipinski definition) is 2. The van der Waals surface area contributed by atoms with Crippen LogP contribution in [0.25, 0.3) is 0 Å². The normalized spacial score (nSPS) is 16.4. The lowest BCUT2D eigenvalue weighted by Crippen LogP contribution is -2.34. The van der Waals surface area contributed by atoms with Crippen LogP contribution in [-0.4, -0.2) is 27.0 Å². The molecule has 2 aromatic rings. The number of hydrogen-bond acceptors (Lipinski definition) is 5. The molecule has 2 N–H and O–H groups in total. The second kappa shape index (κ2) is 6.64. The number of ether oxygens (including phenoxy) is 2. The molecule has 1 atom stereocenters. The molecule has 3 rings (SSSR count). The zero-order valence-corrected chi connectivity index (χ0v) is 14.6. The van der Waals surface area contributed by atoms with E-state index < -0.39 is 16.1 Å². The van der Waals surface area contributed by atoms with Gasteiger partial charge >= 0.3 is 0 Å². The third kappa shape index (κ3) is 3.69. The molecule has 7 nitrogen and oxygen atoms in total. The van der Waals surface area contributed by atoms with E-state index in [2.05, 4.69) is 10.0 Å². The molecular weight excluding hydrogens is 344 g/mol. The van der Waals surface area contributed by atoms with Gasteiger partial charge in [0.2, 0.25) is 0 Å². The Balaban J connectivity index is 1.81. The fraction of sp³-hybridized carbons (Fsp3) is 0.235. The quantitative estimate of drug-likeness (QED) is 0.853. The second-order valence-corrected chi connectivity index (χ2v) is 7.15. The van der Waals surface area contributed by atoms with E-state index in [0.717, 1.165) is 0 Å². The first-order chi connectivity index (χ1) is 11.9. The van der Waals surface area contributed by atoms with Crippen molar-refractivity contribution in [3.05, 3.63) is 42.5 Å². The van der Waals surface area contributed by atoms with Crippen LogP contribution in [0.2, 0.25) is 0 Å². The number of rotatable bonds is 5. The highest BCUT2D eigenvalue weighted by molar-refractivity contribution is 7.92. The lowest BCUT2D eigenvalue weighted by molar-refractivity contribution is -0.122. The predicted molar refractivity (Wildman–Crippen MR) is 93.6 cm³/mol. The first-order valence-electron chi connectivity index (χ1n) is 7.76. The highest BCUT2D eigenvalue weighted by Gasteiger charge is 2.24. The van der Waals surface area contributed by atoms with Gasteiger partial charge < -0.3 is 14.8 Å². The van der Waals surface area contributed by atoms with Crippen LogP contribution >= 0.6 is 0 Å². The minimum atomic E-state index is -3.75. The molecule has 1 amide bonds. The Morgan fingerprint density at radius 1 is 1.20 bits per heavy atom. The molecule has 25 heavy (non-hydrogen) atoms. The van der Waals surface area contributed by atoms with Gasteiger partial charge in [-0.15, -0.1) is 0 Å². The summed E-state index contributed by atoms with van der Waals surface area (Å²) in [6.07, 6.45) is -0.584. The van der Waals surface area contributed by atoms with Crippen LogP contribution in [-0.2, 0) is 14.8 Å². The highest BCUT2D eigenvalue weighted by Crippen LogP contribution is 2.33. The Morgan fingerprint density at radius 2 is 1.92 bits per heavy atom. The molecule has 0 fully saturated rings. The summed E-state index contributed by atoms with van der Waals surface area (Å²) in [6, 6.07) is 10.8. The average molecular weight is 362 g/mol. The molecule has 0 aromatic heterocycles. The Labute approximate surface area is 146 Å². The Hall–Kier alpha value is -2.74. The first kappa shape index (κ1) is 17.1. The topological polar surface area (TPSA) is 93.7 Å². The maximum absolute atomic E-state index is 12.5. The molecule has 1 heterocycles. The molecule has 1 aliphatic rings. The molecule has 0 saturated carbocycles. The maximum Gasteiger partial charge on any atom is 0.265 e. The fourth-order valence-corrected chi connectivity index (χ4v) is 3.42. The number of sulfonamides is 1. The van der Waals surface area contributed by atoms with E-state index in [-0.39, 0.29) is 10.8 Å². The predicted octanol–water partition coefficient (Wildman–Crippen LogP) is 2.61. The van der Waals surface area contributed by atoms with Gasteiger partial charge in [-0.25, -0.2) is 8.42 Å². The molecule has 0 bridgehead atoms. The minimum absolute atomic E-state index is 0.114. The van der Waals surface area contributed by atoms with Gasteiger partial charge in [-0.1, -0.05) is 0 Å². The number of carbonyl (C=O) groups is 1. The lowest BCUT2D eigenvalue weighted by atomic mass is 10.2. The van der Waals surface area contributed by atoms with Crippen molar-refractivity contribution in [2.24, 2.45) is 0 Å². The number of amides is 1. The monoisotopic (exact) mass is 362 g/mol. The van der Waals surface area contributed by atoms with Gasteiger partial charge in [0, 0.05) is 0 Å². The van der Waals surface area contributed by atoms with Crippen LogP contribution in [0.15, 0.2) is 47.4 Å². The van der Waals surface area contributed by atoms with Crippen LogP contribution in [0.1, 0.15) is 13.8 Å². The van der Waals surface area contributed by atoms with Crippen molar-refractivity contribution >= 4 is 27.3 Å². The summed E-state index contributed by atoms with van der Waals surface area (Å²) in [4.78, 5) is 11.8. The van der Waals surface area contributed by atoms with Crippen molar-refractivity contribution in [3.63, 3.8) is 0 Å². The fourth-order valence-electron chi connectivity index (χ4n) is 2.37.